The van der Waals surface area contributed by atoms with E-state index in [1.54, 1.807) is 6.07 Å². The van der Waals surface area contributed by atoms with E-state index in [0.717, 1.165) is 34.6 Å². The molecule has 3 aromatic carbocycles. The summed E-state index contributed by atoms with van der Waals surface area (Å²) in [6.45, 7) is -0.337. The number of halogens is 3. The van der Waals surface area contributed by atoms with E-state index < -0.39 is 27.5 Å². The molecule has 0 radical (unpaired) electrons. The van der Waals surface area contributed by atoms with Gasteiger partial charge in [0, 0.05) is 5.56 Å². The van der Waals surface area contributed by atoms with Gasteiger partial charge in [-0.3, -0.25) is 4.31 Å². The molecular formula is C19H14F3NO2S. The summed E-state index contributed by atoms with van der Waals surface area (Å²) in [6, 6.07) is 15.0. The van der Waals surface area contributed by atoms with Gasteiger partial charge < -0.3 is 0 Å². The Bertz CT molecular complexity index is 1020. The van der Waals surface area contributed by atoms with Gasteiger partial charge in [-0.2, -0.15) is 0 Å². The molecule has 134 valence electrons. The average molecular weight is 377 g/mol. The predicted molar refractivity (Wildman–Crippen MR) is 92.6 cm³/mol. The molecule has 7 heteroatoms. The van der Waals surface area contributed by atoms with Crippen molar-refractivity contribution in [3.63, 3.8) is 0 Å². The molecule has 0 saturated heterocycles. The summed E-state index contributed by atoms with van der Waals surface area (Å²) in [5, 5.41) is 0. The Morgan fingerprint density at radius 2 is 1.46 bits per heavy atom. The van der Waals surface area contributed by atoms with Gasteiger partial charge in [0.15, 0.2) is 0 Å². The topological polar surface area (TPSA) is 37.4 Å². The van der Waals surface area contributed by atoms with Gasteiger partial charge in [-0.25, -0.2) is 21.6 Å². The molecule has 0 aromatic heterocycles. The molecule has 0 N–H and O–H groups in total. The number of benzene rings is 3. The van der Waals surface area contributed by atoms with E-state index in [-0.39, 0.29) is 22.7 Å². The minimum absolute atomic E-state index is 0.0394. The summed E-state index contributed by atoms with van der Waals surface area (Å²) in [6.07, 6.45) is 0. The first-order valence-corrected chi connectivity index (χ1v) is 9.09. The number of sulfonamides is 1. The van der Waals surface area contributed by atoms with E-state index in [2.05, 4.69) is 0 Å². The fraction of sp³-hybridized carbons (Fsp3) is 0.0526. The Hall–Kier alpha value is -2.80. The van der Waals surface area contributed by atoms with Crippen LogP contribution < -0.4 is 4.31 Å². The molecule has 26 heavy (non-hydrogen) atoms. The summed E-state index contributed by atoms with van der Waals surface area (Å²) >= 11 is 0. The Kier molecular flexibility index (Phi) is 4.99. The van der Waals surface area contributed by atoms with Crippen molar-refractivity contribution in [1.82, 2.24) is 0 Å². The first-order chi connectivity index (χ1) is 12.4. The van der Waals surface area contributed by atoms with E-state index in [9.17, 15) is 21.6 Å². The molecule has 0 aliphatic carbocycles. The lowest BCUT2D eigenvalue weighted by molar-refractivity contribution is 0.584. The normalized spacial score (nSPS) is 11.3. The Labute approximate surface area is 149 Å². The van der Waals surface area contributed by atoms with Crippen molar-refractivity contribution >= 4 is 15.7 Å². The molecule has 0 spiro atoms. The SMILES string of the molecule is O=S(=O)(c1ccc(F)cc1)N(Cc1ccccc1F)c1cccc(F)c1. The Balaban J connectivity index is 2.11. The van der Waals surface area contributed by atoms with Crippen LogP contribution in [-0.2, 0) is 16.6 Å². The molecule has 0 saturated carbocycles. The van der Waals surface area contributed by atoms with Gasteiger partial charge in [-0.05, 0) is 48.5 Å². The molecule has 0 amide bonds. The number of rotatable bonds is 5. The van der Waals surface area contributed by atoms with Crippen molar-refractivity contribution < 1.29 is 21.6 Å². The van der Waals surface area contributed by atoms with E-state index in [1.807, 2.05) is 0 Å². The van der Waals surface area contributed by atoms with Crippen molar-refractivity contribution in [2.24, 2.45) is 0 Å². The number of hydrogen-bond acceptors (Lipinski definition) is 2. The summed E-state index contributed by atoms with van der Waals surface area (Å²) in [5.41, 5.74) is 0.167. The second-order valence-electron chi connectivity index (χ2n) is 5.54. The maximum atomic E-state index is 14.0. The first kappa shape index (κ1) is 18.0. The molecular weight excluding hydrogens is 363 g/mol. The maximum absolute atomic E-state index is 14.0. The summed E-state index contributed by atoms with van der Waals surface area (Å²) in [4.78, 5) is -0.181. The van der Waals surface area contributed by atoms with E-state index >= 15 is 0 Å². The van der Waals surface area contributed by atoms with Crippen LogP contribution in [0, 0.1) is 17.5 Å². The highest BCUT2D eigenvalue weighted by atomic mass is 32.2. The van der Waals surface area contributed by atoms with E-state index in [0.29, 0.717) is 0 Å². The van der Waals surface area contributed by atoms with E-state index in [4.69, 9.17) is 0 Å². The number of anilines is 1. The molecule has 0 aliphatic heterocycles. The van der Waals surface area contributed by atoms with Gasteiger partial charge in [0.2, 0.25) is 0 Å². The van der Waals surface area contributed by atoms with Crippen LogP contribution in [0.25, 0.3) is 0 Å². The van der Waals surface area contributed by atoms with Crippen LogP contribution in [0.3, 0.4) is 0 Å². The highest BCUT2D eigenvalue weighted by Crippen LogP contribution is 2.27. The molecule has 0 aliphatic rings. The van der Waals surface area contributed by atoms with Crippen LogP contribution in [0.5, 0.6) is 0 Å². The van der Waals surface area contributed by atoms with Gasteiger partial charge in [0.25, 0.3) is 10.0 Å². The minimum atomic E-state index is -4.17. The van der Waals surface area contributed by atoms with Crippen molar-refractivity contribution in [2.75, 3.05) is 4.31 Å². The molecule has 3 rings (SSSR count). The lowest BCUT2D eigenvalue weighted by atomic mass is 10.2. The summed E-state index contributed by atoms with van der Waals surface area (Å²) < 4.78 is 67.8. The van der Waals surface area contributed by atoms with Crippen LogP contribution in [-0.4, -0.2) is 8.42 Å². The zero-order chi connectivity index (χ0) is 18.7. The monoisotopic (exact) mass is 377 g/mol. The van der Waals surface area contributed by atoms with Crippen LogP contribution in [0.15, 0.2) is 77.7 Å². The van der Waals surface area contributed by atoms with Gasteiger partial charge in [0.1, 0.15) is 17.5 Å². The Morgan fingerprint density at radius 1 is 0.769 bits per heavy atom. The quantitative estimate of drug-likeness (QED) is 0.657. The zero-order valence-corrected chi connectivity index (χ0v) is 14.3. The summed E-state index contributed by atoms with van der Waals surface area (Å²) in [5.74, 6) is -1.80. The van der Waals surface area contributed by atoms with Crippen molar-refractivity contribution in [1.29, 1.82) is 0 Å². The van der Waals surface area contributed by atoms with Crippen molar-refractivity contribution in [2.45, 2.75) is 11.4 Å². The third kappa shape index (κ3) is 3.72. The third-order valence-electron chi connectivity index (χ3n) is 3.77. The molecule has 3 aromatic rings. The number of nitrogens with zero attached hydrogens (tertiary/aromatic N) is 1. The van der Waals surface area contributed by atoms with Crippen LogP contribution >= 0.6 is 0 Å². The van der Waals surface area contributed by atoms with E-state index in [1.165, 1.54) is 36.4 Å². The Morgan fingerprint density at radius 3 is 2.12 bits per heavy atom. The molecule has 0 fully saturated rings. The second-order valence-corrected chi connectivity index (χ2v) is 7.40. The molecule has 0 unspecified atom stereocenters. The zero-order valence-electron chi connectivity index (χ0n) is 13.4. The first-order valence-electron chi connectivity index (χ1n) is 7.65. The smallest absolute Gasteiger partial charge is 0.262 e. The highest BCUT2D eigenvalue weighted by molar-refractivity contribution is 7.92. The largest absolute Gasteiger partial charge is 0.264 e. The molecule has 0 bridgehead atoms. The van der Waals surface area contributed by atoms with Crippen LogP contribution in [0.4, 0.5) is 18.9 Å². The summed E-state index contributed by atoms with van der Waals surface area (Å²) in [7, 11) is -4.17. The molecule has 3 nitrogen and oxygen atoms in total. The predicted octanol–water partition coefficient (Wildman–Crippen LogP) is 4.50. The van der Waals surface area contributed by atoms with Gasteiger partial charge in [0.05, 0.1) is 17.1 Å². The van der Waals surface area contributed by atoms with Crippen molar-refractivity contribution in [3.05, 3.63) is 95.8 Å². The molecule has 0 heterocycles. The lowest BCUT2D eigenvalue weighted by Gasteiger charge is -2.25. The molecule has 0 atom stereocenters. The fourth-order valence-electron chi connectivity index (χ4n) is 2.46. The number of hydrogen-bond donors (Lipinski definition) is 0. The van der Waals surface area contributed by atoms with Gasteiger partial charge >= 0.3 is 0 Å². The maximum Gasteiger partial charge on any atom is 0.264 e. The average Bonchev–Trinajstić information content (AvgIpc) is 2.61. The second kappa shape index (κ2) is 7.21. The highest BCUT2D eigenvalue weighted by Gasteiger charge is 2.26. The van der Waals surface area contributed by atoms with Gasteiger partial charge in [-0.15, -0.1) is 0 Å². The third-order valence-corrected chi connectivity index (χ3v) is 5.56. The van der Waals surface area contributed by atoms with Crippen LogP contribution in [0.2, 0.25) is 0 Å². The standard InChI is InChI=1S/C19H14F3NO2S/c20-15-8-10-18(11-9-15)26(24,25)23(17-6-3-5-16(21)12-17)13-14-4-1-2-7-19(14)22/h1-12H,13H2. The lowest BCUT2D eigenvalue weighted by Crippen LogP contribution is -2.31. The fourth-order valence-corrected chi connectivity index (χ4v) is 3.90. The minimum Gasteiger partial charge on any atom is -0.262 e. The van der Waals surface area contributed by atoms with Gasteiger partial charge in [-0.1, -0.05) is 24.3 Å². The van der Waals surface area contributed by atoms with Crippen LogP contribution in [0.1, 0.15) is 5.56 Å². The van der Waals surface area contributed by atoms with Crippen molar-refractivity contribution in [3.8, 4) is 0 Å².